The van der Waals surface area contributed by atoms with E-state index in [4.69, 9.17) is 9.47 Å². The van der Waals surface area contributed by atoms with Gasteiger partial charge in [-0.25, -0.2) is 0 Å². The number of ketones is 1. The Balaban J connectivity index is 1.31. The molecule has 5 rings (SSSR count). The van der Waals surface area contributed by atoms with Gasteiger partial charge in [0, 0.05) is 23.7 Å². The van der Waals surface area contributed by atoms with E-state index in [9.17, 15) is 40.5 Å². The molecule has 4 fully saturated rings. The summed E-state index contributed by atoms with van der Waals surface area (Å²) in [7, 11) is 0. The van der Waals surface area contributed by atoms with Crippen LogP contribution in [0.3, 0.4) is 0 Å². The Morgan fingerprint density at radius 3 is 2.26 bits per heavy atom. The van der Waals surface area contributed by atoms with Gasteiger partial charge in [0.25, 0.3) is 0 Å². The number of Topliss-reactive ketones (excluding diaryl/α,β-unsaturated/α-hetero) is 1. The zero-order valence-corrected chi connectivity index (χ0v) is 29.0. The van der Waals surface area contributed by atoms with E-state index in [1.54, 1.807) is 13.8 Å². The molecular formula is C36H60O10. The number of aliphatic hydroxyl groups is 7. The average Bonchev–Trinajstić information content (AvgIpc) is 3.25. The van der Waals surface area contributed by atoms with Crippen LogP contribution in [-0.2, 0) is 14.3 Å². The molecule has 0 amide bonds. The summed E-state index contributed by atoms with van der Waals surface area (Å²) in [6.07, 6.45) is -2.85. The molecular weight excluding hydrogens is 592 g/mol. The molecule has 1 aliphatic heterocycles. The molecule has 46 heavy (non-hydrogen) atoms. The van der Waals surface area contributed by atoms with E-state index in [0.29, 0.717) is 18.6 Å². The number of rotatable bonds is 8. The Kier molecular flexibility index (Phi) is 9.58. The largest absolute Gasteiger partial charge is 0.394 e. The van der Waals surface area contributed by atoms with E-state index >= 15 is 0 Å². The lowest BCUT2D eigenvalue weighted by Gasteiger charge is -2.64. The van der Waals surface area contributed by atoms with E-state index in [2.05, 4.69) is 40.7 Å². The molecule has 0 aromatic rings. The standard InChI is InChI=1S/C36H60O10/c1-18(22(38)15-26(40)33(4,5)46-31-30(44)29(43)28(42)23(17-37)45-31)19-13-14-34(6)24-11-9-20-21(10-12-25(39)32(20,2)3)36(24,8)27(41)16-35(19,34)7/h9,18-19,21-26,28-31,37-40,42-44H,10-17H2,1-8H3/t18-,19+,21+,22+,23+,24-,25-,26-,28+,29-,30+,31-,34-,35+,36-/m0/s1. The molecule has 0 bridgehead atoms. The van der Waals surface area contributed by atoms with Crippen molar-refractivity contribution in [1.82, 2.24) is 0 Å². The van der Waals surface area contributed by atoms with E-state index < -0.39 is 66.6 Å². The summed E-state index contributed by atoms with van der Waals surface area (Å²) in [4.78, 5) is 14.4. The first kappa shape index (κ1) is 36.3. The molecule has 10 nitrogen and oxygen atoms in total. The molecule has 0 radical (unpaired) electrons. The number of aliphatic hydroxyl groups excluding tert-OH is 7. The summed E-state index contributed by atoms with van der Waals surface area (Å²) in [5.74, 6) is 0.416. The van der Waals surface area contributed by atoms with Crippen LogP contribution in [0, 0.1) is 45.3 Å². The fraction of sp³-hybridized carbons (Fsp3) is 0.917. The van der Waals surface area contributed by atoms with Crippen LogP contribution >= 0.6 is 0 Å². The zero-order valence-electron chi connectivity index (χ0n) is 29.0. The summed E-state index contributed by atoms with van der Waals surface area (Å²) in [6.45, 7) is 15.6. The lowest BCUT2D eigenvalue weighted by Crippen LogP contribution is -2.63. The predicted molar refractivity (Wildman–Crippen MR) is 170 cm³/mol. The normalized spacial score (nSPS) is 47.7. The molecule has 0 aromatic heterocycles. The third kappa shape index (κ3) is 5.28. The molecule has 0 aromatic carbocycles. The molecule has 0 spiro atoms. The third-order valence-electron chi connectivity index (χ3n) is 14.5. The van der Waals surface area contributed by atoms with Crippen LogP contribution in [0.5, 0.6) is 0 Å². The van der Waals surface area contributed by atoms with Gasteiger partial charge in [-0.2, -0.15) is 0 Å². The fourth-order valence-corrected chi connectivity index (χ4v) is 10.8. The van der Waals surface area contributed by atoms with Gasteiger partial charge in [-0.1, -0.05) is 53.2 Å². The molecule has 10 heteroatoms. The van der Waals surface area contributed by atoms with Gasteiger partial charge in [0.2, 0.25) is 0 Å². The van der Waals surface area contributed by atoms with Crippen LogP contribution in [-0.4, -0.2) is 103 Å². The molecule has 4 aliphatic carbocycles. The Hall–Kier alpha value is -0.950. The maximum atomic E-state index is 14.4. The maximum absolute atomic E-state index is 14.4. The average molecular weight is 653 g/mol. The highest BCUT2D eigenvalue weighted by Crippen LogP contribution is 2.74. The van der Waals surface area contributed by atoms with Crippen LogP contribution < -0.4 is 0 Å². The van der Waals surface area contributed by atoms with Gasteiger partial charge in [-0.15, -0.1) is 0 Å². The van der Waals surface area contributed by atoms with Crippen molar-refractivity contribution in [2.45, 2.75) is 155 Å². The molecule has 3 saturated carbocycles. The van der Waals surface area contributed by atoms with Crippen molar-refractivity contribution >= 4 is 5.78 Å². The van der Waals surface area contributed by atoms with E-state index in [0.717, 1.165) is 25.7 Å². The molecule has 0 unspecified atom stereocenters. The minimum atomic E-state index is -1.60. The van der Waals surface area contributed by atoms with Crippen LogP contribution in [0.15, 0.2) is 11.6 Å². The summed E-state index contributed by atoms with van der Waals surface area (Å²) in [6, 6.07) is 0. The molecule has 7 N–H and O–H groups in total. The van der Waals surface area contributed by atoms with Crippen LogP contribution in [0.2, 0.25) is 0 Å². The Bertz CT molecular complexity index is 1180. The molecule has 1 heterocycles. The first-order chi connectivity index (χ1) is 21.2. The summed E-state index contributed by atoms with van der Waals surface area (Å²) >= 11 is 0. The maximum Gasteiger partial charge on any atom is 0.187 e. The number of carbonyl (C=O) groups excluding carboxylic acids is 1. The van der Waals surface area contributed by atoms with E-state index in [1.807, 2.05) is 6.92 Å². The zero-order chi connectivity index (χ0) is 34.4. The van der Waals surface area contributed by atoms with E-state index in [1.165, 1.54) is 5.57 Å². The molecule has 264 valence electrons. The second-order valence-electron chi connectivity index (χ2n) is 17.3. The number of hydrogen-bond acceptors (Lipinski definition) is 10. The van der Waals surface area contributed by atoms with Crippen LogP contribution in [0.25, 0.3) is 0 Å². The quantitative estimate of drug-likeness (QED) is 0.193. The summed E-state index contributed by atoms with van der Waals surface area (Å²) in [5, 5.41) is 73.9. The summed E-state index contributed by atoms with van der Waals surface area (Å²) in [5.41, 5.74) is -1.38. The monoisotopic (exact) mass is 652 g/mol. The Morgan fingerprint density at radius 2 is 1.63 bits per heavy atom. The Morgan fingerprint density at radius 1 is 0.978 bits per heavy atom. The number of carbonyl (C=O) groups is 1. The van der Waals surface area contributed by atoms with Crippen molar-refractivity contribution in [3.8, 4) is 0 Å². The lowest BCUT2D eigenvalue weighted by molar-refractivity contribution is -0.332. The van der Waals surface area contributed by atoms with E-state index in [-0.39, 0.29) is 46.3 Å². The van der Waals surface area contributed by atoms with Crippen molar-refractivity contribution in [2.24, 2.45) is 45.3 Å². The van der Waals surface area contributed by atoms with Crippen LogP contribution in [0.1, 0.15) is 100 Å². The molecule has 15 atom stereocenters. The highest BCUT2D eigenvalue weighted by molar-refractivity contribution is 5.88. The van der Waals surface area contributed by atoms with Crippen molar-refractivity contribution in [3.05, 3.63) is 11.6 Å². The van der Waals surface area contributed by atoms with Gasteiger partial charge >= 0.3 is 0 Å². The highest BCUT2D eigenvalue weighted by atomic mass is 16.7. The minimum Gasteiger partial charge on any atom is -0.394 e. The number of hydrogen-bond donors (Lipinski definition) is 7. The van der Waals surface area contributed by atoms with Crippen molar-refractivity contribution < 1.29 is 50.0 Å². The number of fused-ring (bicyclic) bond motifs is 5. The molecule has 1 saturated heterocycles. The minimum absolute atomic E-state index is 0.0183. The van der Waals surface area contributed by atoms with Crippen molar-refractivity contribution in [2.75, 3.05) is 6.61 Å². The number of allylic oxidation sites excluding steroid dienone is 1. The van der Waals surface area contributed by atoms with Gasteiger partial charge in [-0.3, -0.25) is 4.79 Å². The van der Waals surface area contributed by atoms with Crippen molar-refractivity contribution in [1.29, 1.82) is 0 Å². The topological polar surface area (TPSA) is 177 Å². The second-order valence-corrected chi connectivity index (χ2v) is 17.3. The second kappa shape index (κ2) is 12.1. The van der Waals surface area contributed by atoms with Gasteiger partial charge in [0.05, 0.1) is 30.5 Å². The highest BCUT2D eigenvalue weighted by Gasteiger charge is 2.70. The van der Waals surface area contributed by atoms with Gasteiger partial charge < -0.3 is 45.2 Å². The summed E-state index contributed by atoms with van der Waals surface area (Å²) < 4.78 is 11.4. The van der Waals surface area contributed by atoms with Crippen molar-refractivity contribution in [3.63, 3.8) is 0 Å². The van der Waals surface area contributed by atoms with Gasteiger partial charge in [0.15, 0.2) is 6.29 Å². The predicted octanol–water partition coefficient (Wildman–Crippen LogP) is 2.47. The Labute approximate surface area is 274 Å². The first-order valence-corrected chi connectivity index (χ1v) is 17.4. The first-order valence-electron chi connectivity index (χ1n) is 17.4. The third-order valence-corrected chi connectivity index (χ3v) is 14.5. The smallest absolute Gasteiger partial charge is 0.187 e. The molecule has 5 aliphatic rings. The fourth-order valence-electron chi connectivity index (χ4n) is 10.8. The lowest BCUT2D eigenvalue weighted by atomic mass is 9.38. The van der Waals surface area contributed by atoms with Gasteiger partial charge in [0.1, 0.15) is 30.2 Å². The number of ether oxygens (including phenoxy) is 2. The van der Waals surface area contributed by atoms with Crippen LogP contribution in [0.4, 0.5) is 0 Å². The SMILES string of the molecule is C[C@H]([C@H](O)C[C@H](O)C(C)(C)O[C@@H]1O[C@H](CO)[C@@H](O)[C@H](O)[C@H]1O)[C@H]1CC[C@@]2(C)[C@@H]3CC=C4[C@@H](CC[C@H](O)C4(C)C)[C@]3(C)C(=O)C[C@]12C. The van der Waals surface area contributed by atoms with Gasteiger partial charge in [-0.05, 0) is 80.5 Å².